The first-order valence-corrected chi connectivity index (χ1v) is 10.3. The summed E-state index contributed by atoms with van der Waals surface area (Å²) in [6.07, 6.45) is 3.19. The molecular formula is C16H18N4O4S2. The van der Waals surface area contributed by atoms with Gasteiger partial charge in [0.2, 0.25) is 10.0 Å². The van der Waals surface area contributed by atoms with Gasteiger partial charge < -0.3 is 0 Å². The van der Waals surface area contributed by atoms with Crippen molar-refractivity contribution in [3.63, 3.8) is 0 Å². The van der Waals surface area contributed by atoms with Crippen molar-refractivity contribution in [2.45, 2.75) is 24.7 Å². The van der Waals surface area contributed by atoms with Crippen LogP contribution in [0, 0.1) is 17.0 Å². The summed E-state index contributed by atoms with van der Waals surface area (Å²) in [5.74, 6) is 0. The fraction of sp³-hybridized carbons (Fsp3) is 0.312. The second-order valence-corrected chi connectivity index (χ2v) is 8.77. The van der Waals surface area contributed by atoms with Crippen molar-refractivity contribution in [2.75, 3.05) is 18.5 Å². The summed E-state index contributed by atoms with van der Waals surface area (Å²) < 4.78 is 26.5. The van der Waals surface area contributed by atoms with Gasteiger partial charge >= 0.3 is 0 Å². The molecule has 1 aromatic carbocycles. The third-order valence-electron chi connectivity index (χ3n) is 4.14. The molecule has 138 valence electrons. The highest BCUT2D eigenvalue weighted by atomic mass is 32.2. The molecule has 0 unspecified atom stereocenters. The van der Waals surface area contributed by atoms with E-state index in [-0.39, 0.29) is 16.3 Å². The lowest BCUT2D eigenvalue weighted by atomic mass is 10.3. The molecule has 0 spiro atoms. The van der Waals surface area contributed by atoms with Gasteiger partial charge in [-0.2, -0.15) is 9.41 Å². The third-order valence-corrected chi connectivity index (χ3v) is 6.99. The normalized spacial score (nSPS) is 15.6. The number of anilines is 1. The van der Waals surface area contributed by atoms with E-state index in [0.29, 0.717) is 13.1 Å². The molecule has 0 radical (unpaired) electrons. The number of thiophene rings is 1. The van der Waals surface area contributed by atoms with Crippen molar-refractivity contribution < 1.29 is 13.3 Å². The van der Waals surface area contributed by atoms with E-state index in [1.807, 2.05) is 18.4 Å². The van der Waals surface area contributed by atoms with Crippen LogP contribution in [0.15, 0.2) is 39.6 Å². The minimum Gasteiger partial charge on any atom is -0.272 e. The highest BCUT2D eigenvalue weighted by molar-refractivity contribution is 7.89. The van der Waals surface area contributed by atoms with Gasteiger partial charge in [-0.15, -0.1) is 11.3 Å². The lowest BCUT2D eigenvalue weighted by Gasteiger charge is -2.15. The minimum absolute atomic E-state index is 0.0743. The first-order valence-electron chi connectivity index (χ1n) is 8.01. The number of nitro groups is 1. The van der Waals surface area contributed by atoms with Crippen molar-refractivity contribution in [2.24, 2.45) is 5.10 Å². The maximum absolute atomic E-state index is 12.6. The van der Waals surface area contributed by atoms with Crippen LogP contribution >= 0.6 is 11.3 Å². The van der Waals surface area contributed by atoms with Crippen LogP contribution < -0.4 is 5.43 Å². The molecule has 0 saturated carbocycles. The number of sulfonamides is 1. The number of hydrazone groups is 1. The second kappa shape index (κ2) is 7.52. The number of rotatable bonds is 6. The highest BCUT2D eigenvalue weighted by Crippen LogP contribution is 2.30. The molecule has 0 amide bonds. The number of hydrogen-bond acceptors (Lipinski definition) is 7. The molecule has 1 aliphatic heterocycles. The standard InChI is InChI=1S/C16H18N4O4S2/c1-12-6-9-25-16(12)11-17-18-14-5-4-13(10-15(14)20(21)22)26(23,24)19-7-2-3-8-19/h4-6,9-11,18H,2-3,7-8H2,1H3/b17-11-. The molecule has 1 N–H and O–H groups in total. The summed E-state index contributed by atoms with van der Waals surface area (Å²) in [4.78, 5) is 11.6. The molecule has 0 bridgehead atoms. The molecule has 1 saturated heterocycles. The number of nitro benzene ring substituents is 1. The van der Waals surface area contributed by atoms with Crippen LogP contribution in [0.2, 0.25) is 0 Å². The first kappa shape index (κ1) is 18.5. The molecule has 0 atom stereocenters. The molecule has 1 fully saturated rings. The van der Waals surface area contributed by atoms with Crippen molar-refractivity contribution >= 4 is 38.9 Å². The van der Waals surface area contributed by atoms with Gasteiger partial charge in [-0.1, -0.05) is 0 Å². The Morgan fingerprint density at radius 2 is 2.04 bits per heavy atom. The second-order valence-electron chi connectivity index (χ2n) is 5.89. The lowest BCUT2D eigenvalue weighted by Crippen LogP contribution is -2.27. The molecule has 0 aliphatic carbocycles. The first-order chi connectivity index (χ1) is 12.4. The van der Waals surface area contributed by atoms with E-state index in [9.17, 15) is 18.5 Å². The Morgan fingerprint density at radius 1 is 1.31 bits per heavy atom. The van der Waals surface area contributed by atoms with Crippen LogP contribution in [0.25, 0.3) is 0 Å². The lowest BCUT2D eigenvalue weighted by molar-refractivity contribution is -0.384. The molecule has 2 aromatic rings. The summed E-state index contributed by atoms with van der Waals surface area (Å²) in [6, 6.07) is 5.78. The van der Waals surface area contributed by atoms with Crippen LogP contribution in [-0.4, -0.2) is 37.0 Å². The Morgan fingerprint density at radius 3 is 2.65 bits per heavy atom. The Kier molecular flexibility index (Phi) is 5.35. The van der Waals surface area contributed by atoms with E-state index < -0.39 is 14.9 Å². The van der Waals surface area contributed by atoms with Crippen LogP contribution in [0.5, 0.6) is 0 Å². The summed E-state index contributed by atoms with van der Waals surface area (Å²) in [7, 11) is -3.71. The van der Waals surface area contributed by atoms with Gasteiger partial charge in [0.15, 0.2) is 0 Å². The quantitative estimate of drug-likeness (QED) is 0.460. The van der Waals surface area contributed by atoms with Crippen molar-refractivity contribution in [1.29, 1.82) is 0 Å². The van der Waals surface area contributed by atoms with E-state index in [4.69, 9.17) is 0 Å². The summed E-state index contributed by atoms with van der Waals surface area (Å²) >= 11 is 1.51. The maximum atomic E-state index is 12.6. The van der Waals surface area contributed by atoms with Gasteiger partial charge in [-0.25, -0.2) is 8.42 Å². The molecule has 8 nitrogen and oxygen atoms in total. The van der Waals surface area contributed by atoms with E-state index in [2.05, 4.69) is 10.5 Å². The van der Waals surface area contributed by atoms with Crippen LogP contribution in [0.4, 0.5) is 11.4 Å². The molecular weight excluding hydrogens is 376 g/mol. The topological polar surface area (TPSA) is 105 Å². The molecule has 1 aliphatic rings. The number of benzene rings is 1. The van der Waals surface area contributed by atoms with Gasteiger partial charge in [-0.3, -0.25) is 15.5 Å². The van der Waals surface area contributed by atoms with Gasteiger partial charge in [0.1, 0.15) is 5.69 Å². The summed E-state index contributed by atoms with van der Waals surface area (Å²) in [5, 5.41) is 17.3. The third kappa shape index (κ3) is 3.76. The summed E-state index contributed by atoms with van der Waals surface area (Å²) in [6.45, 7) is 2.83. The number of aryl methyl sites for hydroxylation is 1. The number of nitrogens with one attached hydrogen (secondary N) is 1. The Labute approximate surface area is 155 Å². The average Bonchev–Trinajstić information content (AvgIpc) is 3.27. The van der Waals surface area contributed by atoms with E-state index in [1.54, 1.807) is 6.21 Å². The minimum atomic E-state index is -3.71. The molecule has 2 heterocycles. The molecule has 3 rings (SSSR count). The van der Waals surface area contributed by atoms with E-state index in [1.165, 1.54) is 27.8 Å². The zero-order valence-electron chi connectivity index (χ0n) is 14.1. The van der Waals surface area contributed by atoms with Gasteiger partial charge in [0, 0.05) is 24.0 Å². The molecule has 10 heteroatoms. The highest BCUT2D eigenvalue weighted by Gasteiger charge is 2.29. The predicted molar refractivity (Wildman–Crippen MR) is 101 cm³/mol. The number of nitrogens with zero attached hydrogens (tertiary/aromatic N) is 3. The van der Waals surface area contributed by atoms with Gasteiger partial charge in [0.05, 0.1) is 16.0 Å². The predicted octanol–water partition coefficient (Wildman–Crippen LogP) is 3.20. The fourth-order valence-corrected chi connectivity index (χ4v) is 5.00. The zero-order valence-corrected chi connectivity index (χ0v) is 15.7. The summed E-state index contributed by atoms with van der Waals surface area (Å²) in [5.41, 5.74) is 3.50. The maximum Gasteiger partial charge on any atom is 0.295 e. The van der Waals surface area contributed by atoms with E-state index in [0.717, 1.165) is 29.3 Å². The van der Waals surface area contributed by atoms with E-state index >= 15 is 0 Å². The number of hydrogen-bond donors (Lipinski definition) is 1. The Balaban J connectivity index is 1.86. The Hall–Kier alpha value is -2.30. The zero-order chi connectivity index (χ0) is 18.7. The molecule has 1 aromatic heterocycles. The van der Waals surface area contributed by atoms with Crippen molar-refractivity contribution in [3.05, 3.63) is 50.2 Å². The van der Waals surface area contributed by atoms with Crippen molar-refractivity contribution in [3.8, 4) is 0 Å². The SMILES string of the molecule is Cc1ccsc1/C=N\Nc1ccc(S(=O)(=O)N2CCCC2)cc1[N+](=O)[O-]. The van der Waals surface area contributed by atoms with Crippen LogP contribution in [0.3, 0.4) is 0 Å². The average molecular weight is 394 g/mol. The van der Waals surface area contributed by atoms with Crippen LogP contribution in [-0.2, 0) is 10.0 Å². The van der Waals surface area contributed by atoms with Crippen molar-refractivity contribution in [1.82, 2.24) is 4.31 Å². The van der Waals surface area contributed by atoms with Crippen LogP contribution in [0.1, 0.15) is 23.3 Å². The smallest absolute Gasteiger partial charge is 0.272 e. The van der Waals surface area contributed by atoms with Gasteiger partial charge in [-0.05, 0) is 48.9 Å². The fourth-order valence-electron chi connectivity index (χ4n) is 2.67. The van der Waals surface area contributed by atoms with Gasteiger partial charge in [0.25, 0.3) is 5.69 Å². The molecule has 26 heavy (non-hydrogen) atoms. The monoisotopic (exact) mass is 394 g/mol. The largest absolute Gasteiger partial charge is 0.295 e. The Bertz CT molecular complexity index is 947.